The number of phosphoric ester groups is 1. The molecule has 2 heterocycles. The lowest BCUT2D eigenvalue weighted by atomic mass is 9.95. The highest BCUT2D eigenvalue weighted by Crippen LogP contribution is 2.53. The maximum Gasteiger partial charge on any atom is 0.475 e. The van der Waals surface area contributed by atoms with Gasteiger partial charge in [-0.2, -0.15) is 0 Å². The van der Waals surface area contributed by atoms with E-state index in [9.17, 15) is 33.3 Å². The molecule has 0 aromatic carbocycles. The summed E-state index contributed by atoms with van der Waals surface area (Å²) in [5.41, 5.74) is 9.07. The normalized spacial score (nSPS) is 24.0. The predicted octanol–water partition coefficient (Wildman–Crippen LogP) is 7.77. The fourth-order valence-electron chi connectivity index (χ4n) is 7.87. The summed E-state index contributed by atoms with van der Waals surface area (Å²) < 4.78 is 94.9. The molecule has 2 aliphatic heterocycles. The summed E-state index contributed by atoms with van der Waals surface area (Å²) in [6, 6.07) is -2.74. The van der Waals surface area contributed by atoms with Crippen molar-refractivity contribution in [3.8, 4) is 0 Å². The van der Waals surface area contributed by atoms with E-state index in [-0.39, 0.29) is 91.1 Å². The Morgan fingerprint density at radius 2 is 1.00 bits per heavy atom. The van der Waals surface area contributed by atoms with Gasteiger partial charge in [0.2, 0.25) is 11.8 Å². The molecule has 2 amide bonds. The fraction of sp³-hybridized carbons (Fsp3) is 0.885. The highest BCUT2D eigenvalue weighted by atomic mass is 31.2. The van der Waals surface area contributed by atoms with Gasteiger partial charge in [-0.25, -0.2) is 4.57 Å². The molecular formula is C52H92N5O20P. The smallest absolute Gasteiger partial charge is 0.462 e. The summed E-state index contributed by atoms with van der Waals surface area (Å²) in [5, 5.41) is 9.32. The summed E-state index contributed by atoms with van der Waals surface area (Å²) in [7, 11) is -4.49. The van der Waals surface area contributed by atoms with E-state index in [1.165, 1.54) is 0 Å². The van der Waals surface area contributed by atoms with Crippen molar-refractivity contribution in [2.75, 3.05) is 52.8 Å². The van der Waals surface area contributed by atoms with Crippen molar-refractivity contribution < 1.29 is 94.3 Å². The minimum atomic E-state index is -4.49. The van der Waals surface area contributed by atoms with Crippen LogP contribution in [-0.2, 0) is 94.3 Å². The molecule has 25 nitrogen and oxygen atoms in total. The van der Waals surface area contributed by atoms with Gasteiger partial charge in [-0.3, -0.25) is 42.3 Å². The van der Waals surface area contributed by atoms with E-state index >= 15 is 0 Å². The Hall–Kier alpha value is -4.00. The Bertz CT molecular complexity index is 1850. The second-order valence-corrected chi connectivity index (χ2v) is 20.3. The maximum atomic E-state index is 14.7. The van der Waals surface area contributed by atoms with Crippen LogP contribution in [0.5, 0.6) is 0 Å². The van der Waals surface area contributed by atoms with Gasteiger partial charge < -0.3 is 58.0 Å². The molecule has 0 spiro atoms. The first kappa shape index (κ1) is 70.1. The van der Waals surface area contributed by atoms with Crippen molar-refractivity contribution >= 4 is 43.5 Å². The third-order valence-corrected chi connectivity index (χ3v) is 13.9. The molecule has 0 radical (unpaired) electrons. The highest BCUT2D eigenvalue weighted by Gasteiger charge is 2.55. The number of carbonyl (C=O) groups is 6. The highest BCUT2D eigenvalue weighted by molar-refractivity contribution is 7.48. The lowest BCUT2D eigenvalue weighted by Gasteiger charge is -2.48. The Morgan fingerprint density at radius 1 is 0.551 bits per heavy atom. The van der Waals surface area contributed by atoms with Crippen LogP contribution in [0.2, 0.25) is 0 Å². The number of unbranched alkanes of at least 4 members (excludes halogenated alkanes) is 4. The van der Waals surface area contributed by atoms with Crippen molar-refractivity contribution in [3.63, 3.8) is 0 Å². The number of rotatable bonds is 42. The van der Waals surface area contributed by atoms with Gasteiger partial charge >= 0.3 is 31.7 Å². The number of amides is 2. The molecule has 2 rings (SSSR count). The number of phosphoric acid groups is 1. The SMILES string of the molecule is CCCCOCC1O[C@@H](OCC2O[C@@H](OCCN=[N+]=[N-])[C@@H](NC(=O)C[C@@H](CC)OC(=O)CC)C(OC(=O)CC)[C@@H]2OCCCC)[C@@H](NC(=O)C[C@@H](CC)OC(=O)CC)C(OC(=O)CC)[C@@H]1OP(=O)(OCCCC)OCCCC. The lowest BCUT2D eigenvalue weighted by molar-refractivity contribution is -0.309. The summed E-state index contributed by atoms with van der Waals surface area (Å²) in [6.07, 6.45) is -7.67. The van der Waals surface area contributed by atoms with Crippen LogP contribution >= 0.6 is 7.82 Å². The second-order valence-electron chi connectivity index (χ2n) is 18.7. The summed E-state index contributed by atoms with van der Waals surface area (Å²) in [6.45, 7) is 17.0. The van der Waals surface area contributed by atoms with Crippen molar-refractivity contribution in [2.24, 2.45) is 5.11 Å². The molecule has 2 N–H and O–H groups in total. The number of carbonyl (C=O) groups excluding carboxylic acids is 6. The minimum Gasteiger partial charge on any atom is -0.462 e. The van der Waals surface area contributed by atoms with Gasteiger partial charge in [-0.05, 0) is 44.1 Å². The molecule has 2 fully saturated rings. The van der Waals surface area contributed by atoms with Gasteiger partial charge in [0.05, 0.1) is 45.9 Å². The number of nitrogens with zero attached hydrogens (tertiary/aromatic N) is 3. The monoisotopic (exact) mass is 1140 g/mol. The lowest BCUT2D eigenvalue weighted by Crippen LogP contribution is -2.68. The van der Waals surface area contributed by atoms with E-state index in [2.05, 4.69) is 20.7 Å². The standard InChI is InChI=1S/C52H92N5O20P/c1-11-21-26-65-33-37-48(77-78(64,69-28-23-13-3)70-29-24-14-4)50(76-44(63)20-10)46(56-40(59)32-36(16-6)72-42(61)18-8)52(73-37)68-34-38-47(66-27-22-12-2)49(75-43(62)19-9)45(51(74-38)67-30-25-54-57-53)55-39(58)31-35(15-5)71-41(60)17-7/h35-38,45-52H,11-34H2,1-10H3,(H,55,58)(H,56,59)/t35-,36-,37?,38?,45+,46+,47-,48-,49?,50?,51-,52-/m1/s1. The zero-order valence-corrected chi connectivity index (χ0v) is 48.7. The van der Waals surface area contributed by atoms with Crippen molar-refractivity contribution in [1.82, 2.24) is 10.6 Å². The molecule has 12 atom stereocenters. The molecule has 0 aliphatic carbocycles. The van der Waals surface area contributed by atoms with Gasteiger partial charge in [0.25, 0.3) is 0 Å². The largest absolute Gasteiger partial charge is 0.475 e. The first-order valence-electron chi connectivity index (χ1n) is 28.2. The number of esters is 4. The average molecular weight is 1140 g/mol. The molecule has 450 valence electrons. The molecule has 78 heavy (non-hydrogen) atoms. The molecule has 0 saturated carbocycles. The van der Waals surface area contributed by atoms with E-state index in [1.807, 2.05) is 27.7 Å². The van der Waals surface area contributed by atoms with E-state index in [4.69, 9.17) is 66.5 Å². The topological polar surface area (TPSA) is 312 Å². The number of ether oxygens (including phenoxy) is 10. The van der Waals surface area contributed by atoms with Gasteiger partial charge in [-0.1, -0.05) is 100 Å². The molecule has 0 aromatic heterocycles. The van der Waals surface area contributed by atoms with Gasteiger partial charge in [0.15, 0.2) is 24.8 Å². The summed E-state index contributed by atoms with van der Waals surface area (Å²) in [5.74, 6) is -3.69. The van der Waals surface area contributed by atoms with E-state index in [0.717, 1.165) is 6.42 Å². The third kappa shape index (κ3) is 25.6. The van der Waals surface area contributed by atoms with Crippen LogP contribution in [0.3, 0.4) is 0 Å². The number of nitrogens with one attached hydrogen (secondary N) is 2. The Kier molecular flexibility index (Phi) is 36.1. The van der Waals surface area contributed by atoms with Gasteiger partial charge in [-0.15, -0.1) is 0 Å². The average Bonchev–Trinajstić information content (AvgIpc) is 3.44. The van der Waals surface area contributed by atoms with E-state index in [1.54, 1.807) is 41.5 Å². The van der Waals surface area contributed by atoms with Gasteiger partial charge in [0, 0.05) is 50.4 Å². The van der Waals surface area contributed by atoms with Crippen LogP contribution in [0.25, 0.3) is 10.4 Å². The molecule has 0 bridgehead atoms. The number of hydrogen-bond acceptors (Lipinski definition) is 21. The van der Waals surface area contributed by atoms with Crippen LogP contribution in [0.1, 0.15) is 172 Å². The number of hydrogen-bond donors (Lipinski definition) is 2. The van der Waals surface area contributed by atoms with Crippen LogP contribution in [-0.4, -0.2) is 162 Å². The predicted molar refractivity (Wildman–Crippen MR) is 282 cm³/mol. The Labute approximate surface area is 461 Å². The summed E-state index contributed by atoms with van der Waals surface area (Å²) >= 11 is 0. The number of azide groups is 1. The maximum absolute atomic E-state index is 14.7. The molecular weight excluding hydrogens is 1050 g/mol. The zero-order chi connectivity index (χ0) is 57.9. The van der Waals surface area contributed by atoms with Gasteiger partial charge in [0.1, 0.15) is 48.7 Å². The first-order valence-corrected chi connectivity index (χ1v) is 29.7. The molecule has 0 aromatic rings. The second kappa shape index (κ2) is 40.2. The first-order chi connectivity index (χ1) is 37.5. The molecule has 4 unspecified atom stereocenters. The van der Waals surface area contributed by atoms with Crippen LogP contribution in [0, 0.1) is 0 Å². The molecule has 2 aliphatic rings. The zero-order valence-electron chi connectivity index (χ0n) is 47.9. The Morgan fingerprint density at radius 3 is 1.46 bits per heavy atom. The quantitative estimate of drug-likeness (QED) is 0.0112. The fourth-order valence-corrected chi connectivity index (χ4v) is 9.32. The molecule has 26 heteroatoms. The third-order valence-electron chi connectivity index (χ3n) is 12.4. The van der Waals surface area contributed by atoms with Crippen LogP contribution < -0.4 is 10.6 Å². The van der Waals surface area contributed by atoms with Crippen LogP contribution in [0.15, 0.2) is 5.11 Å². The summed E-state index contributed by atoms with van der Waals surface area (Å²) in [4.78, 5) is 82.6. The van der Waals surface area contributed by atoms with Crippen LogP contribution in [0.4, 0.5) is 0 Å². The van der Waals surface area contributed by atoms with Crippen molar-refractivity contribution in [3.05, 3.63) is 10.4 Å². The van der Waals surface area contributed by atoms with Crippen molar-refractivity contribution in [2.45, 2.75) is 245 Å². The Balaban J connectivity index is 2.92. The van der Waals surface area contributed by atoms with E-state index in [0.29, 0.717) is 51.4 Å². The van der Waals surface area contributed by atoms with E-state index < -0.39 is 124 Å². The van der Waals surface area contributed by atoms with Crippen molar-refractivity contribution in [1.29, 1.82) is 0 Å². The molecule has 2 saturated heterocycles. The minimum absolute atomic E-state index is 0.00276.